The van der Waals surface area contributed by atoms with Crippen molar-refractivity contribution in [3.05, 3.63) is 69.5 Å². The van der Waals surface area contributed by atoms with E-state index < -0.39 is 0 Å². The van der Waals surface area contributed by atoms with Crippen LogP contribution in [0.4, 0.5) is 4.39 Å². The number of halogens is 3. The molecule has 2 rings (SSSR count). The smallest absolute Gasteiger partial charge is 0.146 e. The predicted octanol–water partition coefficient (Wildman–Crippen LogP) is 4.98. The third-order valence-corrected chi connectivity index (χ3v) is 3.64. The van der Waals surface area contributed by atoms with Gasteiger partial charge in [0.1, 0.15) is 5.82 Å². The summed E-state index contributed by atoms with van der Waals surface area (Å²) in [6, 6.07) is 12.6. The average molecular weight is 298 g/mol. The van der Waals surface area contributed by atoms with E-state index in [1.54, 1.807) is 12.1 Å². The number of hydrogen-bond acceptors (Lipinski definition) is 1. The molecule has 0 heterocycles. The molecule has 1 atom stereocenters. The lowest BCUT2D eigenvalue weighted by molar-refractivity contribution is 0.544. The summed E-state index contributed by atoms with van der Waals surface area (Å²) in [5.74, 6) is -0.372. The molecule has 0 aliphatic carbocycles. The molecule has 0 radical (unpaired) electrons. The molecule has 1 N–H and O–H groups in total. The maximum Gasteiger partial charge on any atom is 0.146 e. The summed E-state index contributed by atoms with van der Waals surface area (Å²) in [6.45, 7) is 2.39. The molecule has 0 fully saturated rings. The molecule has 0 saturated carbocycles. The Morgan fingerprint density at radius 3 is 2.47 bits per heavy atom. The number of rotatable bonds is 4. The van der Waals surface area contributed by atoms with E-state index in [9.17, 15) is 4.39 Å². The molecule has 1 nitrogen and oxygen atoms in total. The molecule has 0 aromatic heterocycles. The normalized spacial score (nSPS) is 12.4. The van der Waals surface area contributed by atoms with Gasteiger partial charge >= 0.3 is 0 Å². The van der Waals surface area contributed by atoms with Gasteiger partial charge in [-0.15, -0.1) is 0 Å². The van der Waals surface area contributed by atoms with E-state index in [0.29, 0.717) is 17.1 Å². The van der Waals surface area contributed by atoms with Crippen molar-refractivity contribution in [1.82, 2.24) is 5.32 Å². The van der Waals surface area contributed by atoms with E-state index >= 15 is 0 Å². The first kappa shape index (κ1) is 14.3. The number of hydrogen-bond donors (Lipinski definition) is 1. The second-order valence-electron chi connectivity index (χ2n) is 4.34. The summed E-state index contributed by atoms with van der Waals surface area (Å²) < 4.78 is 13.7. The highest BCUT2D eigenvalue weighted by Crippen LogP contribution is 2.23. The van der Waals surface area contributed by atoms with E-state index in [1.165, 1.54) is 6.07 Å². The van der Waals surface area contributed by atoms with Gasteiger partial charge in [0.05, 0.1) is 5.02 Å². The highest BCUT2D eigenvalue weighted by Gasteiger charge is 2.11. The van der Waals surface area contributed by atoms with Crippen LogP contribution in [0.25, 0.3) is 0 Å². The van der Waals surface area contributed by atoms with Crippen molar-refractivity contribution in [3.63, 3.8) is 0 Å². The highest BCUT2D eigenvalue weighted by molar-refractivity contribution is 6.31. The minimum atomic E-state index is -0.372. The fraction of sp³-hybridized carbons (Fsp3) is 0.200. The van der Waals surface area contributed by atoms with Gasteiger partial charge in [-0.1, -0.05) is 53.5 Å². The van der Waals surface area contributed by atoms with E-state index in [4.69, 9.17) is 23.2 Å². The first-order valence-electron chi connectivity index (χ1n) is 6.00. The summed E-state index contributed by atoms with van der Waals surface area (Å²) in [7, 11) is 0. The zero-order chi connectivity index (χ0) is 13.8. The standard InChI is InChI=1S/C15H14Cl2FN/c1-10(12-6-2-3-7-13(12)16)19-9-11-5-4-8-14(17)15(11)18/h2-8,10,19H,9H2,1H3/t10-/m0/s1. The number of benzene rings is 2. The first-order chi connectivity index (χ1) is 9.09. The first-order valence-corrected chi connectivity index (χ1v) is 6.76. The second kappa shape index (κ2) is 6.38. The zero-order valence-electron chi connectivity index (χ0n) is 10.5. The Kier molecular flexibility index (Phi) is 4.81. The van der Waals surface area contributed by atoms with E-state index in [2.05, 4.69) is 5.32 Å². The van der Waals surface area contributed by atoms with Gasteiger partial charge in [-0.2, -0.15) is 0 Å². The van der Waals surface area contributed by atoms with Gasteiger partial charge in [0.15, 0.2) is 0 Å². The van der Waals surface area contributed by atoms with Crippen molar-refractivity contribution in [2.75, 3.05) is 0 Å². The maximum atomic E-state index is 13.7. The van der Waals surface area contributed by atoms with Crippen LogP contribution >= 0.6 is 23.2 Å². The van der Waals surface area contributed by atoms with Crippen LogP contribution in [0.2, 0.25) is 10.0 Å². The molecule has 0 aliphatic rings. The van der Waals surface area contributed by atoms with Gasteiger partial charge in [-0.25, -0.2) is 4.39 Å². The molecule has 19 heavy (non-hydrogen) atoms. The molecule has 0 saturated heterocycles. The lowest BCUT2D eigenvalue weighted by Crippen LogP contribution is -2.19. The van der Waals surface area contributed by atoms with Crippen LogP contribution in [-0.4, -0.2) is 0 Å². The van der Waals surface area contributed by atoms with E-state index in [1.807, 2.05) is 31.2 Å². The van der Waals surface area contributed by atoms with Gasteiger partial charge in [0.25, 0.3) is 0 Å². The Labute approximate surface area is 122 Å². The quantitative estimate of drug-likeness (QED) is 0.839. The minimum absolute atomic E-state index is 0.0343. The minimum Gasteiger partial charge on any atom is -0.306 e. The van der Waals surface area contributed by atoms with Gasteiger partial charge in [-0.05, 0) is 24.6 Å². The van der Waals surface area contributed by atoms with Crippen molar-refractivity contribution >= 4 is 23.2 Å². The van der Waals surface area contributed by atoms with Crippen molar-refractivity contribution in [2.24, 2.45) is 0 Å². The summed E-state index contributed by atoms with van der Waals surface area (Å²) in [4.78, 5) is 0. The molecule has 2 aromatic rings. The molecule has 4 heteroatoms. The van der Waals surface area contributed by atoms with Gasteiger partial charge in [0.2, 0.25) is 0 Å². The van der Waals surface area contributed by atoms with Crippen molar-refractivity contribution in [2.45, 2.75) is 19.5 Å². The molecule has 100 valence electrons. The molecular formula is C15H14Cl2FN. The van der Waals surface area contributed by atoms with Crippen LogP contribution < -0.4 is 5.32 Å². The van der Waals surface area contributed by atoms with Crippen LogP contribution in [0.1, 0.15) is 24.1 Å². The average Bonchev–Trinajstić information content (AvgIpc) is 2.40. The third kappa shape index (κ3) is 3.47. The highest BCUT2D eigenvalue weighted by atomic mass is 35.5. The topological polar surface area (TPSA) is 12.0 Å². The van der Waals surface area contributed by atoms with Gasteiger partial charge < -0.3 is 5.32 Å². The molecule has 0 spiro atoms. The Bertz CT molecular complexity index is 572. The largest absolute Gasteiger partial charge is 0.306 e. The van der Waals surface area contributed by atoms with Crippen LogP contribution in [0, 0.1) is 5.82 Å². The second-order valence-corrected chi connectivity index (χ2v) is 5.15. The van der Waals surface area contributed by atoms with Crippen molar-refractivity contribution in [1.29, 1.82) is 0 Å². The SMILES string of the molecule is C[C@H](NCc1cccc(Cl)c1F)c1ccccc1Cl. The van der Waals surface area contributed by atoms with Crippen molar-refractivity contribution < 1.29 is 4.39 Å². The Morgan fingerprint density at radius 2 is 1.74 bits per heavy atom. The molecule has 0 amide bonds. The lowest BCUT2D eigenvalue weighted by atomic mass is 10.1. The Balaban J connectivity index is 2.07. The molecule has 0 unspecified atom stereocenters. The van der Waals surface area contributed by atoms with Crippen LogP contribution in [0.3, 0.4) is 0 Å². The maximum absolute atomic E-state index is 13.7. The third-order valence-electron chi connectivity index (χ3n) is 3.00. The summed E-state index contributed by atoms with van der Waals surface area (Å²) in [5.41, 5.74) is 1.54. The van der Waals surface area contributed by atoms with Crippen LogP contribution in [0.15, 0.2) is 42.5 Å². The number of nitrogens with one attached hydrogen (secondary N) is 1. The molecular weight excluding hydrogens is 284 g/mol. The Morgan fingerprint density at radius 1 is 1.05 bits per heavy atom. The van der Waals surface area contributed by atoms with E-state index in [0.717, 1.165) is 5.56 Å². The lowest BCUT2D eigenvalue weighted by Gasteiger charge is -2.16. The van der Waals surface area contributed by atoms with Gasteiger partial charge in [-0.3, -0.25) is 0 Å². The predicted molar refractivity (Wildman–Crippen MR) is 78.1 cm³/mol. The van der Waals surface area contributed by atoms with E-state index in [-0.39, 0.29) is 16.9 Å². The van der Waals surface area contributed by atoms with Crippen LogP contribution in [-0.2, 0) is 6.54 Å². The summed E-state index contributed by atoms with van der Waals surface area (Å²) in [6.07, 6.45) is 0. The zero-order valence-corrected chi connectivity index (χ0v) is 12.0. The molecule has 0 aliphatic heterocycles. The van der Waals surface area contributed by atoms with Gasteiger partial charge in [0, 0.05) is 23.2 Å². The summed E-state index contributed by atoms with van der Waals surface area (Å²) in [5, 5.41) is 4.09. The monoisotopic (exact) mass is 297 g/mol. The van der Waals surface area contributed by atoms with Crippen LogP contribution in [0.5, 0.6) is 0 Å². The summed E-state index contributed by atoms with van der Waals surface area (Å²) >= 11 is 11.9. The fourth-order valence-electron chi connectivity index (χ4n) is 1.88. The fourth-order valence-corrected chi connectivity index (χ4v) is 2.38. The molecule has 2 aromatic carbocycles. The Hall–Kier alpha value is -1.09. The van der Waals surface area contributed by atoms with Crippen molar-refractivity contribution in [3.8, 4) is 0 Å². The molecule has 0 bridgehead atoms.